The molecule has 82 valence electrons. The first-order valence-corrected chi connectivity index (χ1v) is 4.67. The predicted octanol–water partition coefficient (Wildman–Crippen LogP) is 1.94. The number of furan rings is 2. The number of rotatable bonds is 3. The summed E-state index contributed by atoms with van der Waals surface area (Å²) in [6.45, 7) is 1.72. The van der Waals surface area contributed by atoms with Gasteiger partial charge in [0.05, 0.1) is 30.6 Å². The molecule has 0 aliphatic rings. The van der Waals surface area contributed by atoms with E-state index < -0.39 is 0 Å². The molecule has 16 heavy (non-hydrogen) atoms. The Labute approximate surface area is 91.7 Å². The molecule has 2 aromatic rings. The molecule has 0 fully saturated rings. The Balaban J connectivity index is 1.97. The van der Waals surface area contributed by atoms with Crippen molar-refractivity contribution in [1.29, 1.82) is 0 Å². The monoisotopic (exact) mass is 218 g/mol. The van der Waals surface area contributed by atoms with Gasteiger partial charge in [0.15, 0.2) is 0 Å². The van der Waals surface area contributed by atoms with Crippen molar-refractivity contribution in [3.8, 4) is 0 Å². The van der Waals surface area contributed by atoms with Crippen LogP contribution in [-0.4, -0.2) is 12.1 Å². The molecule has 1 N–H and O–H groups in total. The maximum absolute atomic E-state index is 11.5. The minimum absolute atomic E-state index is 0.300. The summed E-state index contributed by atoms with van der Waals surface area (Å²) in [5.74, 6) is 0.266. The van der Waals surface area contributed by atoms with E-state index >= 15 is 0 Å². The lowest BCUT2D eigenvalue weighted by Crippen LogP contribution is -2.17. The van der Waals surface area contributed by atoms with Crippen molar-refractivity contribution in [2.45, 2.75) is 6.92 Å². The van der Waals surface area contributed by atoms with E-state index in [0.29, 0.717) is 11.3 Å². The highest BCUT2D eigenvalue weighted by atomic mass is 16.3. The Morgan fingerprint density at radius 1 is 1.44 bits per heavy atom. The van der Waals surface area contributed by atoms with Gasteiger partial charge < -0.3 is 8.83 Å². The summed E-state index contributed by atoms with van der Waals surface area (Å²) in [6.07, 6.45) is 6.02. The Bertz CT molecular complexity index is 497. The van der Waals surface area contributed by atoms with E-state index in [1.54, 1.807) is 19.1 Å². The predicted molar refractivity (Wildman–Crippen MR) is 57.2 cm³/mol. The molecule has 5 nitrogen and oxygen atoms in total. The lowest BCUT2D eigenvalue weighted by Gasteiger charge is -1.96. The molecule has 0 radical (unpaired) electrons. The minimum atomic E-state index is -0.300. The third-order valence-electron chi connectivity index (χ3n) is 2.03. The smallest absolute Gasteiger partial charge is 0.274 e. The van der Waals surface area contributed by atoms with Crippen LogP contribution in [-0.2, 0) is 0 Å². The number of aryl methyl sites for hydroxylation is 1. The van der Waals surface area contributed by atoms with Gasteiger partial charge in [-0.05, 0) is 19.1 Å². The first-order chi connectivity index (χ1) is 7.77. The molecule has 0 saturated carbocycles. The first-order valence-electron chi connectivity index (χ1n) is 4.67. The van der Waals surface area contributed by atoms with Crippen LogP contribution >= 0.6 is 0 Å². The van der Waals surface area contributed by atoms with Crippen LogP contribution < -0.4 is 5.43 Å². The fourth-order valence-corrected chi connectivity index (χ4v) is 1.19. The first kappa shape index (κ1) is 10.2. The molecule has 2 rings (SSSR count). The summed E-state index contributed by atoms with van der Waals surface area (Å²) in [5, 5.41) is 3.78. The SMILES string of the molecule is Cc1occc1C(=O)NN=Cc1ccoc1. The Morgan fingerprint density at radius 2 is 2.31 bits per heavy atom. The molecule has 5 heteroatoms. The van der Waals surface area contributed by atoms with Crippen LogP contribution in [0.15, 0.2) is 44.9 Å². The third kappa shape index (κ3) is 2.20. The van der Waals surface area contributed by atoms with E-state index in [-0.39, 0.29) is 5.91 Å². The lowest BCUT2D eigenvalue weighted by atomic mass is 10.2. The van der Waals surface area contributed by atoms with Gasteiger partial charge in [0.1, 0.15) is 5.76 Å². The summed E-state index contributed by atoms with van der Waals surface area (Å²) in [5.41, 5.74) is 3.65. The average Bonchev–Trinajstić information content (AvgIpc) is 2.88. The molecular formula is C11H10N2O3. The maximum atomic E-state index is 11.5. The molecular weight excluding hydrogens is 208 g/mol. The van der Waals surface area contributed by atoms with E-state index in [0.717, 1.165) is 5.56 Å². The fraction of sp³-hybridized carbons (Fsp3) is 0.0909. The summed E-state index contributed by atoms with van der Waals surface area (Å²) in [6, 6.07) is 3.33. The number of hydrogen-bond donors (Lipinski definition) is 1. The summed E-state index contributed by atoms with van der Waals surface area (Å²) < 4.78 is 9.85. The van der Waals surface area contributed by atoms with Gasteiger partial charge in [-0.25, -0.2) is 5.43 Å². The van der Waals surface area contributed by atoms with Gasteiger partial charge in [-0.15, -0.1) is 0 Å². The van der Waals surface area contributed by atoms with Gasteiger partial charge in [0.25, 0.3) is 5.91 Å². The van der Waals surface area contributed by atoms with Crippen molar-refractivity contribution in [2.24, 2.45) is 5.10 Å². The fourth-order valence-electron chi connectivity index (χ4n) is 1.19. The van der Waals surface area contributed by atoms with Crippen LogP contribution in [0.25, 0.3) is 0 Å². The number of hydrazone groups is 1. The van der Waals surface area contributed by atoms with E-state index in [1.807, 2.05) is 0 Å². The molecule has 0 saturated heterocycles. The molecule has 2 aromatic heterocycles. The van der Waals surface area contributed by atoms with Gasteiger partial charge in [-0.3, -0.25) is 4.79 Å². The third-order valence-corrected chi connectivity index (χ3v) is 2.03. The second-order valence-electron chi connectivity index (χ2n) is 3.15. The van der Waals surface area contributed by atoms with Gasteiger partial charge in [0, 0.05) is 5.56 Å². The Hall–Kier alpha value is -2.30. The minimum Gasteiger partial charge on any atom is -0.472 e. The van der Waals surface area contributed by atoms with E-state index in [2.05, 4.69) is 10.5 Å². The zero-order valence-corrected chi connectivity index (χ0v) is 8.64. The van der Waals surface area contributed by atoms with Crippen LogP contribution in [0.2, 0.25) is 0 Å². The Morgan fingerprint density at radius 3 is 2.94 bits per heavy atom. The van der Waals surface area contributed by atoms with Crippen molar-refractivity contribution in [2.75, 3.05) is 0 Å². The lowest BCUT2D eigenvalue weighted by molar-refractivity contribution is 0.0953. The Kier molecular flexibility index (Phi) is 2.86. The highest BCUT2D eigenvalue weighted by Crippen LogP contribution is 2.07. The van der Waals surface area contributed by atoms with Gasteiger partial charge >= 0.3 is 0 Å². The molecule has 0 aliphatic carbocycles. The topological polar surface area (TPSA) is 67.7 Å². The summed E-state index contributed by atoms with van der Waals surface area (Å²) in [4.78, 5) is 11.5. The molecule has 1 amide bonds. The normalized spacial score (nSPS) is 10.8. The standard InChI is InChI=1S/C11H10N2O3/c1-8-10(3-5-16-8)11(14)13-12-6-9-2-4-15-7-9/h2-7H,1H3,(H,13,14). The summed E-state index contributed by atoms with van der Waals surface area (Å²) >= 11 is 0. The van der Waals surface area contributed by atoms with Crippen molar-refractivity contribution >= 4 is 12.1 Å². The maximum Gasteiger partial charge on any atom is 0.274 e. The zero-order valence-electron chi connectivity index (χ0n) is 8.64. The molecule has 2 heterocycles. The quantitative estimate of drug-likeness (QED) is 0.632. The summed E-state index contributed by atoms with van der Waals surface area (Å²) in [7, 11) is 0. The van der Waals surface area contributed by atoms with Crippen molar-refractivity contribution in [3.63, 3.8) is 0 Å². The number of carbonyl (C=O) groups excluding carboxylic acids is 1. The second-order valence-corrected chi connectivity index (χ2v) is 3.15. The van der Waals surface area contributed by atoms with Crippen molar-refractivity contribution < 1.29 is 13.6 Å². The molecule has 0 bridgehead atoms. The second kappa shape index (κ2) is 4.48. The van der Waals surface area contributed by atoms with Crippen LogP contribution in [0.4, 0.5) is 0 Å². The molecule has 0 spiro atoms. The van der Waals surface area contributed by atoms with Gasteiger partial charge in [-0.1, -0.05) is 0 Å². The molecule has 0 aliphatic heterocycles. The van der Waals surface area contributed by atoms with Gasteiger partial charge in [0.2, 0.25) is 0 Å². The number of hydrogen-bond acceptors (Lipinski definition) is 4. The number of nitrogens with one attached hydrogen (secondary N) is 1. The number of amides is 1. The highest BCUT2D eigenvalue weighted by Gasteiger charge is 2.09. The number of carbonyl (C=O) groups is 1. The van der Waals surface area contributed by atoms with E-state index in [4.69, 9.17) is 8.83 Å². The largest absolute Gasteiger partial charge is 0.472 e. The van der Waals surface area contributed by atoms with E-state index in [9.17, 15) is 4.79 Å². The van der Waals surface area contributed by atoms with Crippen LogP contribution in [0.3, 0.4) is 0 Å². The van der Waals surface area contributed by atoms with Crippen molar-refractivity contribution in [1.82, 2.24) is 5.43 Å². The van der Waals surface area contributed by atoms with Gasteiger partial charge in [-0.2, -0.15) is 5.10 Å². The van der Waals surface area contributed by atoms with Crippen LogP contribution in [0, 0.1) is 6.92 Å². The molecule has 0 unspecified atom stereocenters. The average molecular weight is 218 g/mol. The molecule has 0 atom stereocenters. The van der Waals surface area contributed by atoms with E-state index in [1.165, 1.54) is 25.0 Å². The molecule has 0 aromatic carbocycles. The van der Waals surface area contributed by atoms with Crippen molar-refractivity contribution in [3.05, 3.63) is 47.8 Å². The van der Waals surface area contributed by atoms with Crippen LogP contribution in [0.1, 0.15) is 21.7 Å². The van der Waals surface area contributed by atoms with Crippen LogP contribution in [0.5, 0.6) is 0 Å². The number of nitrogens with zero attached hydrogens (tertiary/aromatic N) is 1. The highest BCUT2D eigenvalue weighted by molar-refractivity contribution is 5.95. The zero-order chi connectivity index (χ0) is 11.4.